The van der Waals surface area contributed by atoms with E-state index in [1.165, 1.54) is 18.2 Å². The summed E-state index contributed by atoms with van der Waals surface area (Å²) in [6.07, 6.45) is 5.51. The fraction of sp³-hybridized carbons (Fsp3) is 0.333. The number of nitriles is 1. The van der Waals surface area contributed by atoms with Gasteiger partial charge in [0.1, 0.15) is 17.5 Å². The minimum Gasteiger partial charge on any atom is -0.508 e. The molecule has 1 aromatic rings. The predicted molar refractivity (Wildman–Crippen MR) is 96.6 cm³/mol. The number of amides is 1. The largest absolute Gasteiger partial charge is 0.508 e. The normalized spacial score (nSPS) is 22.6. The summed E-state index contributed by atoms with van der Waals surface area (Å²) in [7, 11) is 0. The van der Waals surface area contributed by atoms with E-state index in [-0.39, 0.29) is 36.0 Å². The average molecular weight is 357 g/mol. The van der Waals surface area contributed by atoms with Crippen LogP contribution in [0.3, 0.4) is 0 Å². The minimum atomic E-state index is -0.369. The molecule has 6 nitrogen and oxygen atoms in total. The highest BCUT2D eigenvalue weighted by molar-refractivity contribution is 7.99. The number of carbonyl (C=O) groups excluding carboxylic acids is 1. The second-order valence-corrected chi connectivity index (χ2v) is 7.02. The van der Waals surface area contributed by atoms with Gasteiger partial charge in [-0.15, -0.1) is 11.8 Å². The highest BCUT2D eigenvalue weighted by Gasteiger charge is 2.31. The third-order valence-electron chi connectivity index (χ3n) is 4.46. The molecule has 3 rings (SSSR count). The monoisotopic (exact) mass is 357 g/mol. The van der Waals surface area contributed by atoms with E-state index in [9.17, 15) is 15.0 Å². The molecule has 1 fully saturated rings. The lowest BCUT2D eigenvalue weighted by Crippen LogP contribution is -2.44. The van der Waals surface area contributed by atoms with Crippen LogP contribution in [0.4, 0.5) is 0 Å². The number of thioether (sulfide) groups is 1. The highest BCUT2D eigenvalue weighted by atomic mass is 32.2. The number of nitrogens with zero attached hydrogens (tertiary/aromatic N) is 3. The first kappa shape index (κ1) is 17.2. The number of carbonyl (C=O) groups is 1. The molecule has 0 radical (unpaired) electrons. The quantitative estimate of drug-likeness (QED) is 0.806. The van der Waals surface area contributed by atoms with Gasteiger partial charge in [0.15, 0.2) is 0 Å². The van der Waals surface area contributed by atoms with Crippen LogP contribution in [0.15, 0.2) is 36.6 Å². The zero-order valence-electron chi connectivity index (χ0n) is 13.8. The van der Waals surface area contributed by atoms with Crippen LogP contribution in [0.2, 0.25) is 0 Å². The second-order valence-electron chi connectivity index (χ2n) is 6.02. The third kappa shape index (κ3) is 3.44. The summed E-state index contributed by atoms with van der Waals surface area (Å²) >= 11 is 1.58. The van der Waals surface area contributed by atoms with Gasteiger partial charge < -0.3 is 20.0 Å². The van der Waals surface area contributed by atoms with Crippen molar-refractivity contribution in [2.24, 2.45) is 0 Å². The van der Waals surface area contributed by atoms with Crippen molar-refractivity contribution in [3.05, 3.63) is 42.1 Å². The Labute approximate surface area is 150 Å². The zero-order valence-corrected chi connectivity index (χ0v) is 14.6. The smallest absolute Gasteiger partial charge is 0.243 e. The average Bonchev–Trinajstić information content (AvgIpc) is 3.08. The Hall–Kier alpha value is -2.59. The molecule has 0 aliphatic carbocycles. The number of phenolic OH excluding ortho intramolecular Hbond substituents is 2. The van der Waals surface area contributed by atoms with Crippen molar-refractivity contribution in [3.8, 4) is 17.6 Å². The summed E-state index contributed by atoms with van der Waals surface area (Å²) in [4.78, 5) is 16.0. The van der Waals surface area contributed by atoms with Gasteiger partial charge in [-0.25, -0.2) is 0 Å². The topological polar surface area (TPSA) is 87.8 Å². The maximum Gasteiger partial charge on any atom is 0.243 e. The van der Waals surface area contributed by atoms with Crippen molar-refractivity contribution < 1.29 is 15.0 Å². The van der Waals surface area contributed by atoms with Gasteiger partial charge >= 0.3 is 0 Å². The molecule has 2 aliphatic heterocycles. The summed E-state index contributed by atoms with van der Waals surface area (Å²) < 4.78 is 0. The van der Waals surface area contributed by atoms with E-state index in [4.69, 9.17) is 5.26 Å². The van der Waals surface area contributed by atoms with Gasteiger partial charge in [0, 0.05) is 17.5 Å². The van der Waals surface area contributed by atoms with Gasteiger partial charge in [-0.3, -0.25) is 4.79 Å². The number of allylic oxidation sites excluding steroid dienone is 2. The van der Waals surface area contributed by atoms with Crippen LogP contribution in [-0.4, -0.2) is 56.2 Å². The number of rotatable bonds is 3. The molecule has 2 heterocycles. The summed E-state index contributed by atoms with van der Waals surface area (Å²) in [5, 5.41) is 29.0. The fourth-order valence-corrected chi connectivity index (χ4v) is 4.11. The van der Waals surface area contributed by atoms with Crippen molar-refractivity contribution in [2.45, 2.75) is 19.0 Å². The fourth-order valence-electron chi connectivity index (χ4n) is 3.01. The van der Waals surface area contributed by atoms with E-state index >= 15 is 0 Å². The SMILES string of the molecule is C[C@@H]1C(c2cc(O)ccc2O)=CC=CN1CC(=O)N1CSCC1C#N. The van der Waals surface area contributed by atoms with Crippen molar-refractivity contribution >= 4 is 23.2 Å². The number of hydrogen-bond donors (Lipinski definition) is 2. The maximum atomic E-state index is 12.6. The Kier molecular flexibility index (Phi) is 4.91. The lowest BCUT2D eigenvalue weighted by molar-refractivity contribution is -0.131. The third-order valence-corrected chi connectivity index (χ3v) is 5.47. The Bertz CT molecular complexity index is 784. The van der Waals surface area contributed by atoms with Gasteiger partial charge in [0.2, 0.25) is 5.91 Å². The van der Waals surface area contributed by atoms with Crippen LogP contribution in [0.1, 0.15) is 12.5 Å². The number of aromatic hydroxyl groups is 2. The first-order chi connectivity index (χ1) is 12.0. The Balaban J connectivity index is 1.76. The number of hydrogen-bond acceptors (Lipinski definition) is 6. The van der Waals surface area contributed by atoms with E-state index in [1.54, 1.807) is 16.7 Å². The van der Waals surface area contributed by atoms with E-state index in [0.29, 0.717) is 17.2 Å². The molecular weight excluding hydrogens is 338 g/mol. The lowest BCUT2D eigenvalue weighted by Gasteiger charge is -2.33. The molecule has 1 amide bonds. The van der Waals surface area contributed by atoms with Crippen LogP contribution in [0, 0.1) is 11.3 Å². The van der Waals surface area contributed by atoms with Crippen LogP contribution < -0.4 is 0 Å². The maximum absolute atomic E-state index is 12.6. The van der Waals surface area contributed by atoms with E-state index in [0.717, 1.165) is 5.57 Å². The van der Waals surface area contributed by atoms with Crippen molar-refractivity contribution in [3.63, 3.8) is 0 Å². The molecule has 2 aliphatic rings. The van der Waals surface area contributed by atoms with Crippen molar-refractivity contribution in [1.29, 1.82) is 5.26 Å². The lowest BCUT2D eigenvalue weighted by atomic mass is 9.95. The first-order valence-electron chi connectivity index (χ1n) is 7.94. The summed E-state index contributed by atoms with van der Waals surface area (Å²) in [6, 6.07) is 6.03. The van der Waals surface area contributed by atoms with E-state index < -0.39 is 0 Å². The summed E-state index contributed by atoms with van der Waals surface area (Å²) in [6.45, 7) is 2.10. The Morgan fingerprint density at radius 3 is 3.00 bits per heavy atom. The van der Waals surface area contributed by atoms with Crippen LogP contribution in [-0.2, 0) is 4.79 Å². The van der Waals surface area contributed by atoms with Crippen molar-refractivity contribution in [2.75, 3.05) is 18.2 Å². The second kappa shape index (κ2) is 7.11. The zero-order chi connectivity index (χ0) is 18.0. The van der Waals surface area contributed by atoms with Crippen LogP contribution in [0.5, 0.6) is 11.5 Å². The first-order valence-corrected chi connectivity index (χ1v) is 9.10. The number of benzene rings is 1. The molecule has 1 saturated heterocycles. The number of phenols is 2. The minimum absolute atomic E-state index is 0.0732. The Morgan fingerprint density at radius 1 is 1.44 bits per heavy atom. The van der Waals surface area contributed by atoms with Crippen molar-refractivity contribution in [1.82, 2.24) is 9.80 Å². The predicted octanol–water partition coefficient (Wildman–Crippen LogP) is 2.12. The van der Waals surface area contributed by atoms with E-state index in [2.05, 4.69) is 6.07 Å². The molecule has 7 heteroatoms. The van der Waals surface area contributed by atoms with Gasteiger partial charge in [-0.1, -0.05) is 6.08 Å². The Morgan fingerprint density at radius 2 is 2.24 bits per heavy atom. The molecule has 25 heavy (non-hydrogen) atoms. The molecule has 0 spiro atoms. The van der Waals surface area contributed by atoms with Crippen LogP contribution >= 0.6 is 11.8 Å². The molecule has 2 N–H and O–H groups in total. The van der Waals surface area contributed by atoms with Gasteiger partial charge in [-0.2, -0.15) is 5.26 Å². The molecule has 130 valence electrons. The molecule has 1 unspecified atom stereocenters. The molecule has 0 bridgehead atoms. The molecule has 2 atom stereocenters. The molecular formula is C18H19N3O3S. The van der Waals surface area contributed by atoms with Gasteiger partial charge in [0.25, 0.3) is 0 Å². The van der Waals surface area contributed by atoms with Gasteiger partial charge in [-0.05, 0) is 36.8 Å². The highest BCUT2D eigenvalue weighted by Crippen LogP contribution is 2.34. The standard InChI is InChI=1S/C18H19N3O3S/c1-12-15(16-7-14(22)4-5-17(16)23)3-2-6-20(12)9-18(24)21-11-25-10-13(21)8-19/h2-7,12-13,22-23H,9-11H2,1H3/t12-,13?/m1/s1. The van der Waals surface area contributed by atoms with Gasteiger partial charge in [0.05, 0.1) is 24.5 Å². The van der Waals surface area contributed by atoms with Crippen LogP contribution in [0.25, 0.3) is 5.57 Å². The summed E-state index contributed by atoms with van der Waals surface area (Å²) in [5.74, 6) is 1.26. The molecule has 0 saturated carbocycles. The molecule has 1 aromatic carbocycles. The molecule has 0 aromatic heterocycles. The van der Waals surface area contributed by atoms with E-state index in [1.807, 2.05) is 30.2 Å². The summed E-state index contributed by atoms with van der Waals surface area (Å²) in [5.41, 5.74) is 1.36.